The van der Waals surface area contributed by atoms with Crippen LogP contribution in [0.3, 0.4) is 0 Å². The Kier molecular flexibility index (Phi) is 7.56. The fraction of sp³-hybridized carbons (Fsp3) is 0.444. The number of rotatable bonds is 9. The van der Waals surface area contributed by atoms with Crippen molar-refractivity contribution < 1.29 is 22.3 Å². The molecule has 3 aromatic rings. The lowest BCUT2D eigenvalue weighted by Gasteiger charge is -2.43. The summed E-state index contributed by atoms with van der Waals surface area (Å²) < 4.78 is 64.6. The number of nitrogens with one attached hydrogen (secondary N) is 1. The van der Waals surface area contributed by atoms with Crippen LogP contribution in [0.15, 0.2) is 54.7 Å². The third-order valence-corrected chi connectivity index (χ3v) is 6.26. The summed E-state index contributed by atoms with van der Waals surface area (Å²) in [6, 6.07) is 12.8. The lowest BCUT2D eigenvalue weighted by molar-refractivity contribution is -0.203. The number of methoxy groups -OCH3 is 1. The van der Waals surface area contributed by atoms with Gasteiger partial charge in [0.25, 0.3) is 0 Å². The number of hydrogen-bond acceptors (Lipinski definition) is 3. The summed E-state index contributed by atoms with van der Waals surface area (Å²) in [6.45, 7) is 7.32. The molecule has 7 heteroatoms. The first-order chi connectivity index (χ1) is 15.9. The zero-order chi connectivity index (χ0) is 25.1. The normalized spacial score (nSPS) is 14.4. The summed E-state index contributed by atoms with van der Waals surface area (Å²) in [5, 5.41) is 3.57. The van der Waals surface area contributed by atoms with E-state index in [1.807, 2.05) is 19.9 Å². The molecule has 1 heterocycles. The molecule has 3 rings (SSSR count). The highest BCUT2D eigenvalue weighted by Crippen LogP contribution is 2.45. The Morgan fingerprint density at radius 1 is 1.03 bits per heavy atom. The average molecular weight is 477 g/mol. The van der Waals surface area contributed by atoms with Gasteiger partial charge in [0.05, 0.1) is 12.6 Å². The summed E-state index contributed by atoms with van der Waals surface area (Å²) in [6.07, 6.45) is -3.63. The monoisotopic (exact) mass is 476 g/mol. The molecule has 34 heavy (non-hydrogen) atoms. The molecule has 2 aromatic carbocycles. The lowest BCUT2D eigenvalue weighted by atomic mass is 9.70. The van der Waals surface area contributed by atoms with Crippen LogP contribution in [-0.2, 0) is 11.8 Å². The van der Waals surface area contributed by atoms with Crippen LogP contribution in [0, 0.1) is 11.7 Å². The van der Waals surface area contributed by atoms with Crippen molar-refractivity contribution in [3.63, 3.8) is 0 Å². The number of nitrogens with zero attached hydrogens (tertiary/aromatic N) is 1. The molecule has 0 fully saturated rings. The highest BCUT2D eigenvalue weighted by atomic mass is 19.4. The summed E-state index contributed by atoms with van der Waals surface area (Å²) in [7, 11) is 1.43. The van der Waals surface area contributed by atoms with Crippen molar-refractivity contribution in [2.24, 2.45) is 5.92 Å². The Balaban J connectivity index is 2.15. The van der Waals surface area contributed by atoms with Crippen LogP contribution in [0.4, 0.5) is 17.6 Å². The van der Waals surface area contributed by atoms with Crippen LogP contribution in [0.25, 0.3) is 10.9 Å². The topological polar surface area (TPSA) is 34.1 Å². The SMILES string of the molecule is COc1ccc(F)cc1C(C)(C)CC(Cc1ccnc2ccccc12)(NCC(C)C)C(F)(F)F. The van der Waals surface area contributed by atoms with Crippen molar-refractivity contribution in [3.8, 4) is 5.75 Å². The van der Waals surface area contributed by atoms with Crippen molar-refractivity contribution in [2.45, 2.75) is 57.7 Å². The molecule has 0 bridgehead atoms. The molecule has 0 aliphatic rings. The van der Waals surface area contributed by atoms with Crippen LogP contribution in [-0.4, -0.2) is 30.4 Å². The zero-order valence-electron chi connectivity index (χ0n) is 20.3. The van der Waals surface area contributed by atoms with Gasteiger partial charge in [-0.3, -0.25) is 4.98 Å². The smallest absolute Gasteiger partial charge is 0.406 e. The van der Waals surface area contributed by atoms with E-state index < -0.39 is 22.9 Å². The van der Waals surface area contributed by atoms with Gasteiger partial charge in [-0.15, -0.1) is 0 Å². The molecule has 0 saturated heterocycles. The van der Waals surface area contributed by atoms with Gasteiger partial charge in [0.2, 0.25) is 0 Å². The number of fused-ring (bicyclic) bond motifs is 1. The number of alkyl halides is 3. The summed E-state index contributed by atoms with van der Waals surface area (Å²) in [5.41, 5.74) is -1.72. The van der Waals surface area contributed by atoms with Crippen molar-refractivity contribution in [3.05, 3.63) is 71.7 Å². The summed E-state index contributed by atoms with van der Waals surface area (Å²) >= 11 is 0. The van der Waals surface area contributed by atoms with Crippen LogP contribution < -0.4 is 10.1 Å². The molecule has 1 N–H and O–H groups in total. The first-order valence-electron chi connectivity index (χ1n) is 11.4. The van der Waals surface area contributed by atoms with Gasteiger partial charge in [0, 0.05) is 23.6 Å². The Bertz CT molecular complexity index is 1120. The molecule has 3 nitrogen and oxygen atoms in total. The minimum absolute atomic E-state index is 0.00253. The summed E-state index contributed by atoms with van der Waals surface area (Å²) in [5.74, 6) is -0.153. The number of hydrogen-bond donors (Lipinski definition) is 1. The molecule has 1 atom stereocenters. The van der Waals surface area contributed by atoms with E-state index in [1.165, 1.54) is 25.3 Å². The first-order valence-corrected chi connectivity index (χ1v) is 11.4. The molecule has 0 aliphatic heterocycles. The van der Waals surface area contributed by atoms with E-state index >= 15 is 13.2 Å². The van der Waals surface area contributed by atoms with Crippen molar-refractivity contribution in [1.29, 1.82) is 0 Å². The molecule has 0 amide bonds. The van der Waals surface area contributed by atoms with Gasteiger partial charge in [-0.05, 0) is 60.2 Å². The Hall–Kier alpha value is -2.67. The lowest BCUT2D eigenvalue weighted by Crippen LogP contribution is -2.61. The van der Waals surface area contributed by atoms with Gasteiger partial charge in [-0.2, -0.15) is 13.2 Å². The molecule has 0 saturated carbocycles. The largest absolute Gasteiger partial charge is 0.496 e. The number of para-hydroxylation sites is 1. The van der Waals surface area contributed by atoms with E-state index in [-0.39, 0.29) is 25.3 Å². The zero-order valence-corrected chi connectivity index (χ0v) is 20.3. The maximum absolute atomic E-state index is 15.0. The van der Waals surface area contributed by atoms with Crippen LogP contribution in [0.1, 0.15) is 45.2 Å². The van der Waals surface area contributed by atoms with Gasteiger partial charge in [-0.25, -0.2) is 4.39 Å². The maximum atomic E-state index is 15.0. The highest BCUT2D eigenvalue weighted by Gasteiger charge is 2.57. The van der Waals surface area contributed by atoms with Crippen molar-refractivity contribution in [1.82, 2.24) is 10.3 Å². The molecule has 0 radical (unpaired) electrons. The highest BCUT2D eigenvalue weighted by molar-refractivity contribution is 5.82. The first kappa shape index (κ1) is 25.9. The standard InChI is InChI=1S/C27H32F4N2O/c1-18(2)16-33-26(27(29,30)31,15-19-12-13-32-23-9-7-6-8-21(19)23)17-25(3,4)22-14-20(28)10-11-24(22)34-5/h6-14,18,33H,15-17H2,1-5H3. The van der Waals surface area contributed by atoms with E-state index in [0.717, 1.165) is 0 Å². The maximum Gasteiger partial charge on any atom is 0.406 e. The van der Waals surface area contributed by atoms with Crippen molar-refractivity contribution >= 4 is 10.9 Å². The van der Waals surface area contributed by atoms with Gasteiger partial charge in [0.15, 0.2) is 0 Å². The van der Waals surface area contributed by atoms with Crippen molar-refractivity contribution in [2.75, 3.05) is 13.7 Å². The summed E-state index contributed by atoms with van der Waals surface area (Å²) in [4.78, 5) is 4.30. The third-order valence-electron chi connectivity index (χ3n) is 6.26. The number of benzene rings is 2. The predicted molar refractivity (Wildman–Crippen MR) is 128 cm³/mol. The average Bonchev–Trinajstić information content (AvgIpc) is 2.76. The van der Waals surface area contributed by atoms with E-state index in [0.29, 0.717) is 27.8 Å². The Morgan fingerprint density at radius 2 is 1.74 bits per heavy atom. The van der Waals surface area contributed by atoms with Crippen LogP contribution in [0.5, 0.6) is 5.75 Å². The van der Waals surface area contributed by atoms with Gasteiger partial charge in [0.1, 0.15) is 17.1 Å². The van der Waals surface area contributed by atoms with Gasteiger partial charge >= 0.3 is 6.18 Å². The fourth-order valence-electron chi connectivity index (χ4n) is 4.58. The number of halogens is 4. The Morgan fingerprint density at radius 3 is 2.38 bits per heavy atom. The number of ether oxygens (including phenoxy) is 1. The second-order valence-corrected chi connectivity index (χ2v) is 9.92. The van der Waals surface area contributed by atoms with Crippen LogP contribution in [0.2, 0.25) is 0 Å². The van der Waals surface area contributed by atoms with E-state index in [4.69, 9.17) is 4.74 Å². The van der Waals surface area contributed by atoms with E-state index in [2.05, 4.69) is 10.3 Å². The molecule has 1 unspecified atom stereocenters. The Labute approximate surface area is 198 Å². The predicted octanol–water partition coefficient (Wildman–Crippen LogP) is 6.84. The minimum atomic E-state index is -4.58. The van der Waals surface area contributed by atoms with E-state index in [1.54, 1.807) is 44.3 Å². The molecule has 0 aliphatic carbocycles. The third kappa shape index (κ3) is 5.52. The van der Waals surface area contributed by atoms with Crippen LogP contribution >= 0.6 is 0 Å². The molecular weight excluding hydrogens is 444 g/mol. The minimum Gasteiger partial charge on any atom is -0.496 e. The molecule has 1 aromatic heterocycles. The quantitative estimate of drug-likeness (QED) is 0.343. The molecular formula is C27H32F4N2O. The molecule has 184 valence electrons. The second-order valence-electron chi connectivity index (χ2n) is 9.92. The fourth-order valence-corrected chi connectivity index (χ4v) is 4.58. The number of pyridine rings is 1. The van der Waals surface area contributed by atoms with Gasteiger partial charge < -0.3 is 10.1 Å². The van der Waals surface area contributed by atoms with Gasteiger partial charge in [-0.1, -0.05) is 45.9 Å². The second kappa shape index (κ2) is 9.90. The molecule has 0 spiro atoms. The van der Waals surface area contributed by atoms with E-state index in [9.17, 15) is 4.39 Å². The number of aromatic nitrogens is 1.